The third-order valence-electron chi connectivity index (χ3n) is 1.83. The Labute approximate surface area is 81.9 Å². The molecule has 0 rings (SSSR count). The van der Waals surface area contributed by atoms with E-state index in [4.69, 9.17) is 0 Å². The maximum atomic E-state index is 12.4. The fourth-order valence-electron chi connectivity index (χ4n) is 1.18. The molecule has 5 heteroatoms. The maximum Gasteiger partial charge on any atom is 0.319 e. The van der Waals surface area contributed by atoms with Gasteiger partial charge in [-0.05, 0) is 19.3 Å². The molecule has 14 heavy (non-hydrogen) atoms. The van der Waals surface area contributed by atoms with Gasteiger partial charge in [-0.15, -0.1) is 0 Å². The highest BCUT2D eigenvalue weighted by molar-refractivity contribution is 4.74. The zero-order valence-corrected chi connectivity index (χ0v) is 8.66. The van der Waals surface area contributed by atoms with Crippen molar-refractivity contribution in [3.63, 3.8) is 0 Å². The van der Waals surface area contributed by atoms with Crippen molar-refractivity contribution in [2.24, 2.45) is 5.92 Å². The third-order valence-corrected chi connectivity index (χ3v) is 1.83. The van der Waals surface area contributed by atoms with Gasteiger partial charge < -0.3 is 5.32 Å². The lowest BCUT2D eigenvalue weighted by Gasteiger charge is -2.20. The lowest BCUT2D eigenvalue weighted by Crippen LogP contribution is -2.42. The van der Waals surface area contributed by atoms with E-state index in [0.29, 0.717) is 12.3 Å². The standard InChI is InChI=1S/C9H17F4N/c1-6(2)4-7(3)14-5-9(12,13)8(10)11/h6-8,14H,4-5H2,1-3H3. The number of rotatable bonds is 6. The molecule has 0 saturated heterocycles. The van der Waals surface area contributed by atoms with Gasteiger partial charge in [0.25, 0.3) is 0 Å². The van der Waals surface area contributed by atoms with Crippen LogP contribution in [0.15, 0.2) is 0 Å². The van der Waals surface area contributed by atoms with Crippen LogP contribution in [0.25, 0.3) is 0 Å². The molecule has 0 fully saturated rings. The van der Waals surface area contributed by atoms with Gasteiger partial charge in [0.2, 0.25) is 0 Å². The number of halogens is 4. The molecule has 0 aromatic heterocycles. The molecule has 1 N–H and O–H groups in total. The van der Waals surface area contributed by atoms with Crippen LogP contribution in [0.2, 0.25) is 0 Å². The molecule has 0 aliphatic carbocycles. The van der Waals surface area contributed by atoms with Crippen molar-refractivity contribution >= 4 is 0 Å². The second-order valence-electron chi connectivity index (χ2n) is 3.97. The van der Waals surface area contributed by atoms with Crippen LogP contribution in [0.3, 0.4) is 0 Å². The van der Waals surface area contributed by atoms with Gasteiger partial charge in [0.05, 0.1) is 6.54 Å². The predicted molar refractivity (Wildman–Crippen MR) is 47.9 cm³/mol. The van der Waals surface area contributed by atoms with E-state index in [9.17, 15) is 17.6 Å². The summed E-state index contributed by atoms with van der Waals surface area (Å²) in [6.07, 6.45) is -2.90. The molecule has 0 bridgehead atoms. The molecule has 1 nitrogen and oxygen atoms in total. The van der Waals surface area contributed by atoms with Crippen molar-refractivity contribution in [1.29, 1.82) is 0 Å². The summed E-state index contributed by atoms with van der Waals surface area (Å²) in [5, 5.41) is 2.41. The maximum absolute atomic E-state index is 12.4. The fourth-order valence-corrected chi connectivity index (χ4v) is 1.18. The fraction of sp³-hybridized carbons (Fsp3) is 1.00. The van der Waals surface area contributed by atoms with E-state index in [-0.39, 0.29) is 6.04 Å². The zero-order valence-electron chi connectivity index (χ0n) is 8.66. The first-order valence-electron chi connectivity index (χ1n) is 4.65. The van der Waals surface area contributed by atoms with E-state index in [1.54, 1.807) is 6.92 Å². The topological polar surface area (TPSA) is 12.0 Å². The van der Waals surface area contributed by atoms with E-state index in [0.717, 1.165) is 0 Å². The molecule has 0 amide bonds. The zero-order chi connectivity index (χ0) is 11.4. The highest BCUT2D eigenvalue weighted by Crippen LogP contribution is 2.21. The van der Waals surface area contributed by atoms with Gasteiger partial charge in [0.15, 0.2) is 0 Å². The van der Waals surface area contributed by atoms with Crippen molar-refractivity contribution in [2.75, 3.05) is 6.54 Å². The Balaban J connectivity index is 3.81. The van der Waals surface area contributed by atoms with Crippen molar-refractivity contribution in [3.05, 3.63) is 0 Å². The van der Waals surface area contributed by atoms with Gasteiger partial charge in [0, 0.05) is 6.04 Å². The Hall–Kier alpha value is -0.320. The summed E-state index contributed by atoms with van der Waals surface area (Å²) in [5.41, 5.74) is 0. The van der Waals surface area contributed by atoms with Crippen molar-refractivity contribution in [2.45, 2.75) is 45.6 Å². The Kier molecular flexibility index (Phi) is 5.41. The summed E-state index contributed by atoms with van der Waals surface area (Å²) in [6.45, 7) is 4.65. The second-order valence-corrected chi connectivity index (χ2v) is 3.97. The molecule has 0 aliphatic heterocycles. The van der Waals surface area contributed by atoms with E-state index >= 15 is 0 Å². The summed E-state index contributed by atoms with van der Waals surface area (Å²) in [5.74, 6) is -3.57. The number of alkyl halides is 4. The highest BCUT2D eigenvalue weighted by Gasteiger charge is 2.40. The lowest BCUT2D eigenvalue weighted by molar-refractivity contribution is -0.126. The van der Waals surface area contributed by atoms with Gasteiger partial charge in [-0.2, -0.15) is 8.78 Å². The minimum Gasteiger partial charge on any atom is -0.308 e. The summed E-state index contributed by atoms with van der Waals surface area (Å²) < 4.78 is 48.3. The van der Waals surface area contributed by atoms with E-state index in [1.807, 2.05) is 13.8 Å². The van der Waals surface area contributed by atoms with Crippen molar-refractivity contribution in [3.8, 4) is 0 Å². The Morgan fingerprint density at radius 3 is 2.00 bits per heavy atom. The first-order chi connectivity index (χ1) is 6.25. The number of hydrogen-bond donors (Lipinski definition) is 1. The minimum atomic E-state index is -3.93. The molecule has 86 valence electrons. The molecular weight excluding hydrogens is 198 g/mol. The lowest BCUT2D eigenvalue weighted by atomic mass is 10.1. The largest absolute Gasteiger partial charge is 0.319 e. The normalized spacial score (nSPS) is 15.2. The molecule has 1 atom stereocenters. The van der Waals surface area contributed by atoms with Crippen LogP contribution in [0.1, 0.15) is 27.2 Å². The summed E-state index contributed by atoms with van der Waals surface area (Å²) >= 11 is 0. The van der Waals surface area contributed by atoms with E-state index in [1.165, 1.54) is 0 Å². The second kappa shape index (κ2) is 5.53. The molecule has 1 unspecified atom stereocenters. The van der Waals surface area contributed by atoms with Crippen LogP contribution in [-0.4, -0.2) is 24.9 Å². The van der Waals surface area contributed by atoms with Gasteiger partial charge in [-0.25, -0.2) is 8.78 Å². The van der Waals surface area contributed by atoms with Crippen LogP contribution in [-0.2, 0) is 0 Å². The summed E-state index contributed by atoms with van der Waals surface area (Å²) in [6, 6.07) is -0.167. The van der Waals surface area contributed by atoms with Gasteiger partial charge in [-0.3, -0.25) is 0 Å². The molecule has 0 radical (unpaired) electrons. The minimum absolute atomic E-state index is 0.167. The van der Waals surface area contributed by atoms with Crippen molar-refractivity contribution < 1.29 is 17.6 Å². The molecular formula is C9H17F4N. The molecule has 0 heterocycles. The summed E-state index contributed by atoms with van der Waals surface area (Å²) in [7, 11) is 0. The molecule has 0 aliphatic rings. The number of hydrogen-bond acceptors (Lipinski definition) is 1. The average molecular weight is 215 g/mol. The smallest absolute Gasteiger partial charge is 0.308 e. The van der Waals surface area contributed by atoms with Gasteiger partial charge in [-0.1, -0.05) is 13.8 Å². The Morgan fingerprint density at radius 2 is 1.64 bits per heavy atom. The SMILES string of the molecule is CC(C)CC(C)NCC(F)(F)C(F)F. The predicted octanol–water partition coefficient (Wildman–Crippen LogP) is 2.91. The first kappa shape index (κ1) is 13.7. The Bertz CT molecular complexity index is 159. The highest BCUT2D eigenvalue weighted by atomic mass is 19.3. The average Bonchev–Trinajstić information content (AvgIpc) is 1.99. The van der Waals surface area contributed by atoms with Crippen molar-refractivity contribution in [1.82, 2.24) is 5.32 Å². The van der Waals surface area contributed by atoms with E-state index in [2.05, 4.69) is 5.32 Å². The van der Waals surface area contributed by atoms with Crippen LogP contribution in [0.4, 0.5) is 17.6 Å². The van der Waals surface area contributed by atoms with Crippen LogP contribution >= 0.6 is 0 Å². The molecule has 0 saturated carbocycles. The number of nitrogens with one attached hydrogen (secondary N) is 1. The van der Waals surface area contributed by atoms with E-state index < -0.39 is 18.9 Å². The third kappa shape index (κ3) is 5.42. The first-order valence-corrected chi connectivity index (χ1v) is 4.65. The van der Waals surface area contributed by atoms with Crippen LogP contribution in [0, 0.1) is 5.92 Å². The molecule has 0 aromatic carbocycles. The quantitative estimate of drug-likeness (QED) is 0.672. The van der Waals surface area contributed by atoms with Gasteiger partial charge >= 0.3 is 12.3 Å². The van der Waals surface area contributed by atoms with Crippen LogP contribution < -0.4 is 5.32 Å². The Morgan fingerprint density at radius 1 is 1.14 bits per heavy atom. The van der Waals surface area contributed by atoms with Gasteiger partial charge in [0.1, 0.15) is 0 Å². The molecule has 0 spiro atoms. The van der Waals surface area contributed by atoms with Crippen LogP contribution in [0.5, 0.6) is 0 Å². The monoisotopic (exact) mass is 215 g/mol. The summed E-state index contributed by atoms with van der Waals surface area (Å²) in [4.78, 5) is 0. The molecule has 0 aromatic rings.